The average molecular weight is 316 g/mol. The molecule has 0 bridgehead atoms. The van der Waals surface area contributed by atoms with Gasteiger partial charge in [-0.2, -0.15) is 0 Å². The quantitative estimate of drug-likeness (QED) is 0.859. The van der Waals surface area contributed by atoms with Crippen LogP contribution in [-0.4, -0.2) is 27.4 Å². The molecule has 23 heavy (non-hydrogen) atoms. The molecule has 0 radical (unpaired) electrons. The number of hydrogen-bond acceptors (Lipinski definition) is 4. The fraction of sp³-hybridized carbons (Fsp3) is 0.235. The number of carbonyl (C=O) groups excluding carboxylic acids is 1. The fourth-order valence-corrected chi connectivity index (χ4v) is 2.01. The zero-order chi connectivity index (χ0) is 16.7. The minimum absolute atomic E-state index is 0.298. The first-order chi connectivity index (χ1) is 11.2. The number of rotatable bonds is 6. The smallest absolute Gasteiger partial charge is 0.319 e. The van der Waals surface area contributed by atoms with Gasteiger partial charge in [-0.3, -0.25) is 0 Å². The van der Waals surface area contributed by atoms with Crippen LogP contribution >= 0.6 is 0 Å². The summed E-state index contributed by atoms with van der Waals surface area (Å²) in [6.45, 7) is 0.420. The summed E-state index contributed by atoms with van der Waals surface area (Å²) in [5.74, 6) is 1.95. The normalized spacial score (nSPS) is 9.87. The third-order valence-corrected chi connectivity index (χ3v) is 3.25. The number of carbonyl (C=O) groups is 1. The molecule has 2 amide bonds. The van der Waals surface area contributed by atoms with Gasteiger partial charge in [0, 0.05) is 18.3 Å². The first-order valence-electron chi connectivity index (χ1n) is 7.06. The Labute approximate surface area is 135 Å². The van der Waals surface area contributed by atoms with E-state index in [1.54, 1.807) is 39.5 Å². The second kappa shape index (κ2) is 7.93. The van der Waals surface area contributed by atoms with Crippen molar-refractivity contribution in [2.45, 2.75) is 6.54 Å². The number of benzene rings is 2. The maximum atomic E-state index is 11.9. The molecule has 0 atom stereocenters. The van der Waals surface area contributed by atoms with Crippen molar-refractivity contribution in [1.82, 2.24) is 5.32 Å². The lowest BCUT2D eigenvalue weighted by Gasteiger charge is -2.11. The summed E-state index contributed by atoms with van der Waals surface area (Å²) in [6.07, 6.45) is 0. The zero-order valence-electron chi connectivity index (χ0n) is 13.4. The minimum Gasteiger partial charge on any atom is -0.497 e. The largest absolute Gasteiger partial charge is 0.497 e. The molecular weight excluding hydrogens is 296 g/mol. The molecule has 2 N–H and O–H groups in total. The Morgan fingerprint density at radius 2 is 1.61 bits per heavy atom. The van der Waals surface area contributed by atoms with Crippen molar-refractivity contribution >= 4 is 11.7 Å². The van der Waals surface area contributed by atoms with Crippen LogP contribution in [0.3, 0.4) is 0 Å². The summed E-state index contributed by atoms with van der Waals surface area (Å²) in [7, 11) is 4.72. The van der Waals surface area contributed by atoms with Gasteiger partial charge in [0.15, 0.2) is 11.5 Å². The van der Waals surface area contributed by atoms with Crippen LogP contribution in [0.2, 0.25) is 0 Å². The van der Waals surface area contributed by atoms with E-state index in [1.165, 1.54) is 0 Å². The number of hydrogen-bond donors (Lipinski definition) is 2. The van der Waals surface area contributed by atoms with Crippen molar-refractivity contribution in [3.8, 4) is 17.2 Å². The van der Waals surface area contributed by atoms with Crippen molar-refractivity contribution in [2.75, 3.05) is 26.6 Å². The van der Waals surface area contributed by atoms with Gasteiger partial charge in [0.25, 0.3) is 0 Å². The monoisotopic (exact) mass is 316 g/mol. The maximum Gasteiger partial charge on any atom is 0.319 e. The zero-order valence-corrected chi connectivity index (χ0v) is 13.4. The Balaban J connectivity index is 1.91. The first kappa shape index (κ1) is 16.5. The molecule has 0 fully saturated rings. The second-order valence-corrected chi connectivity index (χ2v) is 4.73. The number of urea groups is 1. The predicted molar refractivity (Wildman–Crippen MR) is 88.4 cm³/mol. The number of ether oxygens (including phenoxy) is 3. The Morgan fingerprint density at radius 1 is 0.913 bits per heavy atom. The molecule has 0 aromatic heterocycles. The van der Waals surface area contributed by atoms with Gasteiger partial charge in [-0.25, -0.2) is 4.79 Å². The molecule has 0 saturated carbocycles. The van der Waals surface area contributed by atoms with Crippen LogP contribution in [-0.2, 0) is 6.54 Å². The van der Waals surface area contributed by atoms with Crippen LogP contribution in [0.15, 0.2) is 42.5 Å². The molecule has 0 unspecified atom stereocenters. The van der Waals surface area contributed by atoms with Gasteiger partial charge in [0.05, 0.1) is 21.3 Å². The van der Waals surface area contributed by atoms with E-state index in [2.05, 4.69) is 10.6 Å². The number of anilines is 1. The van der Waals surface area contributed by atoms with Gasteiger partial charge in [-0.05, 0) is 29.8 Å². The van der Waals surface area contributed by atoms with Gasteiger partial charge in [0.2, 0.25) is 0 Å². The van der Waals surface area contributed by atoms with Crippen molar-refractivity contribution < 1.29 is 19.0 Å². The Bertz CT molecular complexity index is 656. The fourth-order valence-electron chi connectivity index (χ4n) is 2.01. The number of amides is 2. The minimum atomic E-state index is -0.298. The standard InChI is InChI=1S/C17H20N2O4/c1-21-14-7-4-12(5-8-14)11-18-17(20)19-13-6-9-15(22-2)16(10-13)23-3/h4-10H,11H2,1-3H3,(H2,18,19,20). The highest BCUT2D eigenvalue weighted by molar-refractivity contribution is 5.89. The van der Waals surface area contributed by atoms with Gasteiger partial charge < -0.3 is 24.8 Å². The molecule has 6 nitrogen and oxygen atoms in total. The van der Waals surface area contributed by atoms with E-state index in [0.29, 0.717) is 23.7 Å². The van der Waals surface area contributed by atoms with Crippen LogP contribution in [0.5, 0.6) is 17.2 Å². The van der Waals surface area contributed by atoms with Crippen molar-refractivity contribution in [2.24, 2.45) is 0 Å². The molecule has 2 aromatic carbocycles. The van der Waals surface area contributed by atoms with E-state index in [1.807, 2.05) is 24.3 Å². The van der Waals surface area contributed by atoms with Crippen molar-refractivity contribution in [1.29, 1.82) is 0 Å². The number of nitrogens with one attached hydrogen (secondary N) is 2. The lowest BCUT2D eigenvalue weighted by molar-refractivity contribution is 0.251. The van der Waals surface area contributed by atoms with Gasteiger partial charge in [0.1, 0.15) is 5.75 Å². The van der Waals surface area contributed by atoms with E-state index in [0.717, 1.165) is 11.3 Å². The molecule has 0 aliphatic heterocycles. The van der Waals surface area contributed by atoms with Gasteiger partial charge in [-0.1, -0.05) is 12.1 Å². The lowest BCUT2D eigenvalue weighted by atomic mass is 10.2. The first-order valence-corrected chi connectivity index (χ1v) is 7.06. The molecule has 6 heteroatoms. The van der Waals surface area contributed by atoms with Crippen LogP contribution in [0.1, 0.15) is 5.56 Å². The van der Waals surface area contributed by atoms with E-state index < -0.39 is 0 Å². The van der Waals surface area contributed by atoms with E-state index in [9.17, 15) is 4.79 Å². The predicted octanol–water partition coefficient (Wildman–Crippen LogP) is 3.03. The summed E-state index contributed by atoms with van der Waals surface area (Å²) in [6, 6.07) is 12.4. The molecule has 122 valence electrons. The topological polar surface area (TPSA) is 68.8 Å². The Morgan fingerprint density at radius 3 is 2.22 bits per heavy atom. The van der Waals surface area contributed by atoms with Gasteiger partial charge in [-0.15, -0.1) is 0 Å². The number of methoxy groups -OCH3 is 3. The maximum absolute atomic E-state index is 11.9. The van der Waals surface area contributed by atoms with Crippen LogP contribution in [0.25, 0.3) is 0 Å². The van der Waals surface area contributed by atoms with E-state index >= 15 is 0 Å². The van der Waals surface area contributed by atoms with E-state index in [-0.39, 0.29) is 6.03 Å². The highest BCUT2D eigenvalue weighted by atomic mass is 16.5. The molecule has 2 aromatic rings. The molecule has 0 heterocycles. The van der Waals surface area contributed by atoms with Gasteiger partial charge >= 0.3 is 6.03 Å². The molecule has 0 aliphatic rings. The summed E-state index contributed by atoms with van der Waals surface area (Å²) in [5.41, 5.74) is 1.60. The third kappa shape index (κ3) is 4.54. The third-order valence-electron chi connectivity index (χ3n) is 3.25. The van der Waals surface area contributed by atoms with Crippen molar-refractivity contribution in [3.05, 3.63) is 48.0 Å². The average Bonchev–Trinajstić information content (AvgIpc) is 2.60. The molecular formula is C17H20N2O4. The molecule has 0 spiro atoms. The SMILES string of the molecule is COc1ccc(CNC(=O)Nc2ccc(OC)c(OC)c2)cc1. The summed E-state index contributed by atoms with van der Waals surface area (Å²) >= 11 is 0. The second-order valence-electron chi connectivity index (χ2n) is 4.73. The molecule has 2 rings (SSSR count). The van der Waals surface area contributed by atoms with E-state index in [4.69, 9.17) is 14.2 Å². The highest BCUT2D eigenvalue weighted by Gasteiger charge is 2.07. The lowest BCUT2D eigenvalue weighted by Crippen LogP contribution is -2.28. The Hall–Kier alpha value is -2.89. The highest BCUT2D eigenvalue weighted by Crippen LogP contribution is 2.29. The Kier molecular flexibility index (Phi) is 5.68. The van der Waals surface area contributed by atoms with Crippen LogP contribution < -0.4 is 24.8 Å². The van der Waals surface area contributed by atoms with Crippen molar-refractivity contribution in [3.63, 3.8) is 0 Å². The summed E-state index contributed by atoms with van der Waals surface area (Å²) in [4.78, 5) is 11.9. The van der Waals surface area contributed by atoms with Crippen LogP contribution in [0.4, 0.5) is 10.5 Å². The molecule has 0 aliphatic carbocycles. The molecule has 0 saturated heterocycles. The summed E-state index contributed by atoms with van der Waals surface area (Å²) < 4.78 is 15.5. The van der Waals surface area contributed by atoms with Crippen LogP contribution in [0, 0.1) is 0 Å². The summed E-state index contributed by atoms with van der Waals surface area (Å²) in [5, 5.41) is 5.54.